The van der Waals surface area contributed by atoms with Crippen LogP contribution in [0.15, 0.2) is 22.7 Å². The van der Waals surface area contributed by atoms with E-state index in [2.05, 4.69) is 20.8 Å². The van der Waals surface area contributed by atoms with Gasteiger partial charge in [-0.15, -0.1) is 5.06 Å². The Bertz CT molecular complexity index is 520. The zero-order valence-electron chi connectivity index (χ0n) is 12.7. The lowest BCUT2D eigenvalue weighted by atomic mass is 9.98. The van der Waals surface area contributed by atoms with E-state index >= 15 is 0 Å². The van der Waals surface area contributed by atoms with E-state index in [1.165, 1.54) is 0 Å². The number of nitrogens with two attached hydrogens (primary N) is 1. The Labute approximate surface area is 134 Å². The summed E-state index contributed by atoms with van der Waals surface area (Å²) in [5.41, 5.74) is 7.19. The molecule has 0 unspecified atom stereocenters. The van der Waals surface area contributed by atoms with E-state index in [0.29, 0.717) is 13.1 Å². The quantitative estimate of drug-likeness (QED) is 0.826. The summed E-state index contributed by atoms with van der Waals surface area (Å²) in [4.78, 5) is 19.5. The van der Waals surface area contributed by atoms with Gasteiger partial charge in [-0.2, -0.15) is 0 Å². The van der Waals surface area contributed by atoms with Crippen LogP contribution >= 0.6 is 15.9 Å². The molecule has 1 saturated heterocycles. The highest BCUT2D eigenvalue weighted by Gasteiger charge is 2.27. The Morgan fingerprint density at radius 2 is 1.86 bits per heavy atom. The molecule has 0 amide bonds. The number of piperazine rings is 1. The summed E-state index contributed by atoms with van der Waals surface area (Å²) in [6.45, 7) is 8.60. The third-order valence-electron chi connectivity index (χ3n) is 3.41. The molecule has 0 aliphatic carbocycles. The molecule has 1 heterocycles. The highest BCUT2D eigenvalue weighted by molar-refractivity contribution is 9.10. The third kappa shape index (κ3) is 4.11. The van der Waals surface area contributed by atoms with Crippen molar-refractivity contribution in [2.24, 2.45) is 5.41 Å². The predicted octanol–water partition coefficient (Wildman–Crippen LogP) is 2.66. The molecule has 5 nitrogen and oxygen atoms in total. The van der Waals surface area contributed by atoms with Crippen molar-refractivity contribution in [1.82, 2.24) is 5.06 Å². The molecule has 0 radical (unpaired) electrons. The molecule has 116 valence electrons. The number of nitrogens with zero attached hydrogens (tertiary/aromatic N) is 2. The van der Waals surface area contributed by atoms with E-state index in [0.717, 1.165) is 28.9 Å². The second-order valence-electron chi connectivity index (χ2n) is 6.25. The fraction of sp³-hybridized carbons (Fsp3) is 0.533. The van der Waals surface area contributed by atoms with Crippen molar-refractivity contribution in [3.05, 3.63) is 22.7 Å². The Morgan fingerprint density at radius 1 is 1.24 bits per heavy atom. The lowest BCUT2D eigenvalue weighted by molar-refractivity contribution is -0.201. The Balaban J connectivity index is 1.91. The molecule has 1 aromatic rings. The van der Waals surface area contributed by atoms with Crippen molar-refractivity contribution in [3.63, 3.8) is 0 Å². The first-order valence-corrected chi connectivity index (χ1v) is 7.84. The Hall–Kier alpha value is -1.27. The molecule has 0 spiro atoms. The minimum Gasteiger partial charge on any atom is -0.398 e. The summed E-state index contributed by atoms with van der Waals surface area (Å²) >= 11 is 3.45. The van der Waals surface area contributed by atoms with Crippen molar-refractivity contribution in [2.75, 3.05) is 36.8 Å². The minimum absolute atomic E-state index is 0.189. The summed E-state index contributed by atoms with van der Waals surface area (Å²) in [7, 11) is 0. The van der Waals surface area contributed by atoms with Crippen LogP contribution in [-0.4, -0.2) is 37.2 Å². The fourth-order valence-corrected chi connectivity index (χ4v) is 2.37. The van der Waals surface area contributed by atoms with Crippen LogP contribution in [0.25, 0.3) is 0 Å². The van der Waals surface area contributed by atoms with Gasteiger partial charge in [0, 0.05) is 28.9 Å². The molecule has 2 N–H and O–H groups in total. The number of halogens is 1. The summed E-state index contributed by atoms with van der Waals surface area (Å²) in [6.07, 6.45) is 0. The lowest BCUT2D eigenvalue weighted by Gasteiger charge is -2.35. The monoisotopic (exact) mass is 355 g/mol. The van der Waals surface area contributed by atoms with Crippen LogP contribution in [0.2, 0.25) is 0 Å². The van der Waals surface area contributed by atoms with Crippen LogP contribution in [0.3, 0.4) is 0 Å². The molecule has 0 saturated carbocycles. The smallest absolute Gasteiger partial charge is 0.330 e. The average Bonchev–Trinajstić information content (AvgIpc) is 2.42. The third-order valence-corrected chi connectivity index (χ3v) is 4.10. The second kappa shape index (κ2) is 6.23. The summed E-state index contributed by atoms with van der Waals surface area (Å²) < 4.78 is 0.904. The van der Waals surface area contributed by atoms with E-state index in [1.807, 2.05) is 39.0 Å². The van der Waals surface area contributed by atoms with E-state index in [9.17, 15) is 4.79 Å². The first kappa shape index (κ1) is 16.1. The van der Waals surface area contributed by atoms with Crippen LogP contribution in [0.1, 0.15) is 20.8 Å². The zero-order valence-corrected chi connectivity index (χ0v) is 14.3. The maximum absolute atomic E-state index is 11.9. The van der Waals surface area contributed by atoms with Crippen molar-refractivity contribution in [3.8, 4) is 0 Å². The molecule has 6 heteroatoms. The van der Waals surface area contributed by atoms with Crippen LogP contribution in [0.5, 0.6) is 0 Å². The number of benzene rings is 1. The predicted molar refractivity (Wildman–Crippen MR) is 87.9 cm³/mol. The maximum Gasteiger partial charge on any atom is 0.330 e. The van der Waals surface area contributed by atoms with Crippen molar-refractivity contribution < 1.29 is 9.63 Å². The standard InChI is InChI=1S/C15H22BrN3O2/c1-15(2,3)14(20)21-19-8-6-18(7-9-19)11-4-5-13(17)12(16)10-11/h4-5,10H,6-9,17H2,1-3H3. The fourth-order valence-electron chi connectivity index (χ4n) is 2.00. The molecule has 0 atom stereocenters. The van der Waals surface area contributed by atoms with Gasteiger partial charge < -0.3 is 15.5 Å². The molecular weight excluding hydrogens is 334 g/mol. The van der Waals surface area contributed by atoms with Gasteiger partial charge >= 0.3 is 5.97 Å². The number of carbonyl (C=O) groups is 1. The Kier molecular flexibility index (Phi) is 4.78. The number of carbonyl (C=O) groups excluding carboxylic acids is 1. The number of anilines is 2. The first-order valence-electron chi connectivity index (χ1n) is 7.05. The summed E-state index contributed by atoms with van der Waals surface area (Å²) in [5.74, 6) is -0.189. The van der Waals surface area contributed by atoms with Gasteiger partial charge in [0.2, 0.25) is 0 Å². The normalized spacial score (nSPS) is 16.9. The number of hydrogen-bond donors (Lipinski definition) is 1. The average molecular weight is 356 g/mol. The zero-order chi connectivity index (χ0) is 15.6. The molecule has 0 bridgehead atoms. The van der Waals surface area contributed by atoms with Crippen LogP contribution in [-0.2, 0) is 9.63 Å². The molecule has 1 fully saturated rings. The van der Waals surface area contributed by atoms with Crippen molar-refractivity contribution in [2.45, 2.75) is 20.8 Å². The second-order valence-corrected chi connectivity index (χ2v) is 7.10. The molecule has 1 aliphatic rings. The van der Waals surface area contributed by atoms with E-state index < -0.39 is 5.41 Å². The van der Waals surface area contributed by atoms with Crippen molar-refractivity contribution in [1.29, 1.82) is 0 Å². The van der Waals surface area contributed by atoms with Gasteiger partial charge in [-0.05, 0) is 54.9 Å². The largest absolute Gasteiger partial charge is 0.398 e. The molecule has 0 aromatic heterocycles. The lowest BCUT2D eigenvalue weighted by Crippen LogP contribution is -2.48. The number of hydrogen-bond acceptors (Lipinski definition) is 5. The van der Waals surface area contributed by atoms with Gasteiger partial charge in [0.15, 0.2) is 0 Å². The molecule has 1 aromatic carbocycles. The van der Waals surface area contributed by atoms with Crippen LogP contribution < -0.4 is 10.6 Å². The van der Waals surface area contributed by atoms with Gasteiger partial charge in [0.1, 0.15) is 0 Å². The highest BCUT2D eigenvalue weighted by Crippen LogP contribution is 2.26. The minimum atomic E-state index is -0.473. The number of nitrogen functional groups attached to an aromatic ring is 1. The molecule has 2 rings (SSSR count). The highest BCUT2D eigenvalue weighted by atomic mass is 79.9. The van der Waals surface area contributed by atoms with E-state index in [-0.39, 0.29) is 5.97 Å². The topological polar surface area (TPSA) is 58.8 Å². The summed E-state index contributed by atoms with van der Waals surface area (Å²) in [6, 6.07) is 5.93. The van der Waals surface area contributed by atoms with Crippen LogP contribution in [0, 0.1) is 5.41 Å². The van der Waals surface area contributed by atoms with Crippen LogP contribution in [0.4, 0.5) is 11.4 Å². The molecular formula is C15H22BrN3O2. The maximum atomic E-state index is 11.9. The first-order chi connectivity index (χ1) is 9.77. The molecule has 21 heavy (non-hydrogen) atoms. The molecule has 1 aliphatic heterocycles. The number of hydroxylamine groups is 2. The van der Waals surface area contributed by atoms with E-state index in [4.69, 9.17) is 10.6 Å². The van der Waals surface area contributed by atoms with Gasteiger partial charge in [-0.25, -0.2) is 4.79 Å². The van der Waals surface area contributed by atoms with Gasteiger partial charge in [0.25, 0.3) is 0 Å². The van der Waals surface area contributed by atoms with E-state index in [1.54, 1.807) is 5.06 Å². The SMILES string of the molecule is CC(C)(C)C(=O)ON1CCN(c2ccc(N)c(Br)c2)CC1. The van der Waals surface area contributed by atoms with Gasteiger partial charge in [-0.1, -0.05) is 0 Å². The van der Waals surface area contributed by atoms with Crippen molar-refractivity contribution >= 4 is 33.3 Å². The Morgan fingerprint density at radius 3 is 2.38 bits per heavy atom. The summed E-state index contributed by atoms with van der Waals surface area (Å²) in [5, 5.41) is 1.75. The number of rotatable bonds is 2. The van der Waals surface area contributed by atoms with Gasteiger partial charge in [-0.3, -0.25) is 0 Å². The van der Waals surface area contributed by atoms with Gasteiger partial charge in [0.05, 0.1) is 18.5 Å².